The summed E-state index contributed by atoms with van der Waals surface area (Å²) in [5.41, 5.74) is 0.994. The summed E-state index contributed by atoms with van der Waals surface area (Å²) >= 11 is 0. The summed E-state index contributed by atoms with van der Waals surface area (Å²) in [5.74, 6) is -2.41. The number of likely N-dealkylation sites (tertiary alicyclic amines) is 1. The molecule has 1 unspecified atom stereocenters. The van der Waals surface area contributed by atoms with Crippen LogP contribution in [0, 0.1) is 11.3 Å². The van der Waals surface area contributed by atoms with Crippen molar-refractivity contribution < 1.29 is 32.7 Å². The van der Waals surface area contributed by atoms with Crippen molar-refractivity contribution in [2.45, 2.75) is 33.0 Å². The number of aromatic nitrogens is 1. The van der Waals surface area contributed by atoms with Crippen LogP contribution in [0.5, 0.6) is 0 Å². The average molecular weight is 458 g/mol. The van der Waals surface area contributed by atoms with Gasteiger partial charge in [0.15, 0.2) is 0 Å². The Morgan fingerprint density at radius 2 is 1.88 bits per heavy atom. The molecular formula is C21H29F3N4O4. The molecule has 0 radical (unpaired) electrons. The highest BCUT2D eigenvalue weighted by Gasteiger charge is 2.46. The number of amides is 2. The van der Waals surface area contributed by atoms with Crippen LogP contribution in [0.1, 0.15) is 25.8 Å². The molecule has 1 spiro atoms. The zero-order chi connectivity index (χ0) is 24.1. The highest BCUT2D eigenvalue weighted by atomic mass is 19.4. The Morgan fingerprint density at radius 3 is 2.34 bits per heavy atom. The van der Waals surface area contributed by atoms with Crippen molar-refractivity contribution in [2.75, 3.05) is 39.8 Å². The molecule has 1 aromatic heterocycles. The summed E-state index contributed by atoms with van der Waals surface area (Å²) < 4.78 is 31.7. The molecule has 0 saturated carbocycles. The summed E-state index contributed by atoms with van der Waals surface area (Å²) in [5, 5.41) is 7.12. The Morgan fingerprint density at radius 1 is 1.22 bits per heavy atom. The molecule has 1 N–H and O–H groups in total. The van der Waals surface area contributed by atoms with Crippen molar-refractivity contribution in [3.63, 3.8) is 0 Å². The van der Waals surface area contributed by atoms with E-state index in [-0.39, 0.29) is 23.1 Å². The van der Waals surface area contributed by atoms with Gasteiger partial charge in [0.2, 0.25) is 11.8 Å². The summed E-state index contributed by atoms with van der Waals surface area (Å²) in [6, 6.07) is 4.03. The molecule has 2 fully saturated rings. The molecule has 2 saturated heterocycles. The fraction of sp³-hybridized carbons (Fsp3) is 0.619. The van der Waals surface area contributed by atoms with E-state index in [1.807, 2.05) is 43.0 Å². The van der Waals surface area contributed by atoms with Gasteiger partial charge in [0, 0.05) is 76.5 Å². The number of halogens is 3. The van der Waals surface area contributed by atoms with E-state index in [4.69, 9.17) is 9.90 Å². The molecule has 0 aliphatic carbocycles. The molecule has 2 aliphatic rings. The van der Waals surface area contributed by atoms with Crippen molar-refractivity contribution in [3.8, 4) is 0 Å². The van der Waals surface area contributed by atoms with Gasteiger partial charge in [-0.1, -0.05) is 19.9 Å². The minimum Gasteiger partial charge on any atom is -0.475 e. The number of pyridine rings is 1. The molecule has 3 heterocycles. The normalized spacial score (nSPS) is 22.0. The molecule has 11 heteroatoms. The van der Waals surface area contributed by atoms with Gasteiger partial charge in [-0.3, -0.25) is 19.5 Å². The van der Waals surface area contributed by atoms with Gasteiger partial charge >= 0.3 is 12.1 Å². The summed E-state index contributed by atoms with van der Waals surface area (Å²) in [6.45, 7) is 8.46. The van der Waals surface area contributed by atoms with E-state index in [2.05, 4.69) is 16.0 Å². The lowest BCUT2D eigenvalue weighted by Crippen LogP contribution is -2.45. The van der Waals surface area contributed by atoms with Crippen molar-refractivity contribution in [1.82, 2.24) is 19.7 Å². The number of nitrogens with zero attached hydrogens (tertiary/aromatic N) is 4. The van der Waals surface area contributed by atoms with Crippen LogP contribution >= 0.6 is 0 Å². The minimum absolute atomic E-state index is 0.0169. The predicted molar refractivity (Wildman–Crippen MR) is 109 cm³/mol. The van der Waals surface area contributed by atoms with Crippen molar-refractivity contribution >= 4 is 17.8 Å². The Bertz CT molecular complexity index is 819. The maximum absolute atomic E-state index is 12.6. The molecule has 8 nitrogen and oxygen atoms in total. The number of carboxylic acid groups (broad SMARTS) is 1. The fourth-order valence-corrected chi connectivity index (χ4v) is 4.10. The lowest BCUT2D eigenvalue weighted by molar-refractivity contribution is -0.192. The molecule has 2 aliphatic heterocycles. The van der Waals surface area contributed by atoms with Crippen LogP contribution in [-0.2, 0) is 20.9 Å². The van der Waals surface area contributed by atoms with Gasteiger partial charge in [0.1, 0.15) is 0 Å². The summed E-state index contributed by atoms with van der Waals surface area (Å²) in [7, 11) is 1.86. The lowest BCUT2D eigenvalue weighted by Gasteiger charge is -2.34. The van der Waals surface area contributed by atoms with E-state index in [1.54, 1.807) is 6.20 Å². The van der Waals surface area contributed by atoms with Gasteiger partial charge in [-0.2, -0.15) is 13.2 Å². The third kappa shape index (κ3) is 6.91. The molecule has 1 atom stereocenters. The molecule has 0 bridgehead atoms. The van der Waals surface area contributed by atoms with E-state index in [0.29, 0.717) is 13.0 Å². The first kappa shape index (κ1) is 25.6. The number of alkyl halides is 3. The number of carbonyl (C=O) groups excluding carboxylic acids is 2. The number of hydrogen-bond donors (Lipinski definition) is 1. The highest BCUT2D eigenvalue weighted by molar-refractivity contribution is 5.80. The molecule has 32 heavy (non-hydrogen) atoms. The van der Waals surface area contributed by atoms with Crippen LogP contribution < -0.4 is 0 Å². The average Bonchev–Trinajstić information content (AvgIpc) is 2.86. The second kappa shape index (κ2) is 10.3. The summed E-state index contributed by atoms with van der Waals surface area (Å²) in [6.07, 6.45) is -0.892. The standard InChI is InChI=1S/C19H28N4O2.C2HF3O2/c1-15(2)18(25)23-8-7-22(11-16-5-4-6-20-10-16)13-19(14-23)9-17(24)21(3)12-19;3-2(4,5)1(6)7/h4-6,10,15H,7-9,11-14H2,1-3H3;(H,6,7). The number of carboxylic acids is 1. The van der Waals surface area contributed by atoms with Crippen molar-refractivity contribution in [1.29, 1.82) is 0 Å². The third-order valence-electron chi connectivity index (χ3n) is 5.47. The Balaban J connectivity index is 0.000000451. The van der Waals surface area contributed by atoms with Crippen LogP contribution in [0.2, 0.25) is 0 Å². The quantitative estimate of drug-likeness (QED) is 0.743. The van der Waals surface area contributed by atoms with Crippen molar-refractivity contribution in [2.24, 2.45) is 11.3 Å². The first-order chi connectivity index (χ1) is 14.8. The Hall–Kier alpha value is -2.69. The third-order valence-corrected chi connectivity index (χ3v) is 5.47. The zero-order valence-corrected chi connectivity index (χ0v) is 18.4. The van der Waals surface area contributed by atoms with Crippen LogP contribution in [-0.4, -0.2) is 88.5 Å². The van der Waals surface area contributed by atoms with Gasteiger partial charge < -0.3 is 14.9 Å². The zero-order valence-electron chi connectivity index (χ0n) is 18.4. The number of hydrogen-bond acceptors (Lipinski definition) is 5. The SMILES string of the molecule is CC(C)C(=O)N1CCN(Cc2cccnc2)CC2(CC(=O)N(C)C2)C1.O=C(O)C(F)(F)F. The minimum atomic E-state index is -5.08. The first-order valence-corrected chi connectivity index (χ1v) is 10.3. The lowest BCUT2D eigenvalue weighted by atomic mass is 9.85. The Labute approximate surface area is 185 Å². The van der Waals surface area contributed by atoms with Crippen LogP contribution in [0.3, 0.4) is 0 Å². The van der Waals surface area contributed by atoms with Crippen LogP contribution in [0.25, 0.3) is 0 Å². The largest absolute Gasteiger partial charge is 0.490 e. The molecule has 178 valence electrons. The smallest absolute Gasteiger partial charge is 0.475 e. The number of aliphatic carboxylic acids is 1. The topological polar surface area (TPSA) is 94.1 Å². The fourth-order valence-electron chi connectivity index (χ4n) is 4.10. The number of rotatable bonds is 3. The van der Waals surface area contributed by atoms with E-state index < -0.39 is 12.1 Å². The van der Waals surface area contributed by atoms with Gasteiger partial charge in [0.05, 0.1) is 0 Å². The van der Waals surface area contributed by atoms with E-state index >= 15 is 0 Å². The second-order valence-electron chi connectivity index (χ2n) is 8.72. The van der Waals surface area contributed by atoms with Gasteiger partial charge in [-0.25, -0.2) is 4.79 Å². The second-order valence-corrected chi connectivity index (χ2v) is 8.72. The maximum Gasteiger partial charge on any atom is 0.490 e. The van der Waals surface area contributed by atoms with E-state index in [0.717, 1.165) is 32.7 Å². The van der Waals surface area contributed by atoms with Gasteiger partial charge in [0.25, 0.3) is 0 Å². The van der Waals surface area contributed by atoms with Crippen LogP contribution in [0.4, 0.5) is 13.2 Å². The Kier molecular flexibility index (Phi) is 8.22. The van der Waals surface area contributed by atoms with Gasteiger partial charge in [-0.05, 0) is 11.6 Å². The first-order valence-electron chi connectivity index (χ1n) is 10.3. The van der Waals surface area contributed by atoms with Crippen molar-refractivity contribution in [3.05, 3.63) is 30.1 Å². The monoisotopic (exact) mass is 458 g/mol. The molecule has 0 aromatic carbocycles. The summed E-state index contributed by atoms with van der Waals surface area (Å²) in [4.78, 5) is 44.1. The maximum atomic E-state index is 12.6. The van der Waals surface area contributed by atoms with Crippen LogP contribution in [0.15, 0.2) is 24.5 Å². The molecular weight excluding hydrogens is 429 g/mol. The number of carbonyl (C=O) groups is 3. The van der Waals surface area contributed by atoms with E-state index in [1.165, 1.54) is 5.56 Å². The van der Waals surface area contributed by atoms with E-state index in [9.17, 15) is 22.8 Å². The highest BCUT2D eigenvalue weighted by Crippen LogP contribution is 2.35. The predicted octanol–water partition coefficient (Wildman–Crippen LogP) is 1.86. The molecule has 2 amide bonds. The molecule has 3 rings (SSSR count). The van der Waals surface area contributed by atoms with Gasteiger partial charge in [-0.15, -0.1) is 0 Å². The molecule has 1 aromatic rings.